The molecule has 0 unspecified atom stereocenters. The molecule has 1 aromatic carbocycles. The molecular formula is C11H11F4NO. The van der Waals surface area contributed by atoms with Crippen LogP contribution in [0.2, 0.25) is 0 Å². The van der Waals surface area contributed by atoms with E-state index in [2.05, 4.69) is 0 Å². The Bertz CT molecular complexity index is 408. The summed E-state index contributed by atoms with van der Waals surface area (Å²) < 4.78 is 49.4. The molecule has 2 nitrogen and oxygen atoms in total. The summed E-state index contributed by atoms with van der Waals surface area (Å²) in [4.78, 5) is 12.6. The van der Waals surface area contributed by atoms with Gasteiger partial charge in [-0.15, -0.1) is 0 Å². The van der Waals surface area contributed by atoms with Crippen molar-refractivity contribution in [1.82, 2.24) is 4.90 Å². The highest BCUT2D eigenvalue weighted by Gasteiger charge is 2.14. The molecular weight excluding hydrogens is 238 g/mol. The fraction of sp³-hybridized carbons (Fsp3) is 0.364. The summed E-state index contributed by atoms with van der Waals surface area (Å²) >= 11 is 0. The highest BCUT2D eigenvalue weighted by molar-refractivity contribution is 5.97. The fourth-order valence-electron chi connectivity index (χ4n) is 1.31. The van der Waals surface area contributed by atoms with E-state index in [0.29, 0.717) is 0 Å². The normalized spacial score (nSPS) is 11.2. The molecule has 0 bridgehead atoms. The molecule has 94 valence electrons. The van der Waals surface area contributed by atoms with Gasteiger partial charge >= 0.3 is 0 Å². The SMILES string of the molecule is CN(CC(=O)c1ccc(F)c(F)c1)CC(F)F. The Morgan fingerprint density at radius 1 is 1.29 bits per heavy atom. The second-order valence-electron chi connectivity index (χ2n) is 3.64. The topological polar surface area (TPSA) is 20.3 Å². The third-order valence-corrected chi connectivity index (χ3v) is 2.10. The zero-order valence-electron chi connectivity index (χ0n) is 9.09. The Morgan fingerprint density at radius 2 is 1.94 bits per heavy atom. The first kappa shape index (κ1) is 13.6. The summed E-state index contributed by atoms with van der Waals surface area (Å²) in [7, 11) is 1.35. The lowest BCUT2D eigenvalue weighted by molar-refractivity contribution is 0.0819. The van der Waals surface area contributed by atoms with E-state index in [1.54, 1.807) is 0 Å². The van der Waals surface area contributed by atoms with E-state index >= 15 is 0 Å². The number of nitrogens with zero attached hydrogens (tertiary/aromatic N) is 1. The average molecular weight is 249 g/mol. The van der Waals surface area contributed by atoms with Crippen molar-refractivity contribution in [3.63, 3.8) is 0 Å². The molecule has 0 fully saturated rings. The minimum absolute atomic E-state index is 0.0370. The van der Waals surface area contributed by atoms with Crippen molar-refractivity contribution in [1.29, 1.82) is 0 Å². The Morgan fingerprint density at radius 3 is 2.47 bits per heavy atom. The molecule has 0 aromatic heterocycles. The summed E-state index contributed by atoms with van der Waals surface area (Å²) in [6.45, 7) is -0.815. The Labute approximate surface area is 95.8 Å². The molecule has 0 aliphatic heterocycles. The lowest BCUT2D eigenvalue weighted by atomic mass is 10.1. The third-order valence-electron chi connectivity index (χ3n) is 2.10. The second-order valence-corrected chi connectivity index (χ2v) is 3.64. The first-order chi connectivity index (χ1) is 7.90. The van der Waals surface area contributed by atoms with Gasteiger partial charge in [0.2, 0.25) is 0 Å². The van der Waals surface area contributed by atoms with E-state index in [1.165, 1.54) is 7.05 Å². The van der Waals surface area contributed by atoms with Crippen LogP contribution in [-0.4, -0.2) is 37.2 Å². The molecule has 0 aliphatic carbocycles. The van der Waals surface area contributed by atoms with Crippen LogP contribution in [-0.2, 0) is 0 Å². The highest BCUT2D eigenvalue weighted by atomic mass is 19.3. The van der Waals surface area contributed by atoms with Gasteiger partial charge < -0.3 is 0 Å². The van der Waals surface area contributed by atoms with E-state index in [0.717, 1.165) is 23.1 Å². The molecule has 0 radical (unpaired) electrons. The zero-order chi connectivity index (χ0) is 13.0. The highest BCUT2D eigenvalue weighted by Crippen LogP contribution is 2.10. The Balaban J connectivity index is 2.66. The van der Waals surface area contributed by atoms with E-state index < -0.39 is 30.4 Å². The Hall–Kier alpha value is -1.43. The van der Waals surface area contributed by atoms with Crippen LogP contribution in [0.25, 0.3) is 0 Å². The molecule has 1 rings (SSSR count). The summed E-state index contributed by atoms with van der Waals surface area (Å²) in [5, 5.41) is 0. The first-order valence-electron chi connectivity index (χ1n) is 4.85. The van der Waals surface area contributed by atoms with Crippen LogP contribution in [0.4, 0.5) is 17.6 Å². The van der Waals surface area contributed by atoms with E-state index in [-0.39, 0.29) is 12.1 Å². The number of alkyl halides is 2. The summed E-state index contributed by atoms with van der Waals surface area (Å²) in [6, 6.07) is 2.71. The van der Waals surface area contributed by atoms with Gasteiger partial charge in [-0.2, -0.15) is 0 Å². The van der Waals surface area contributed by atoms with Crippen LogP contribution < -0.4 is 0 Å². The number of ketones is 1. The molecule has 1 aromatic rings. The van der Waals surface area contributed by atoms with Gasteiger partial charge in [0, 0.05) is 5.56 Å². The molecule has 0 saturated carbocycles. The summed E-state index contributed by atoms with van der Waals surface area (Å²) in [5.74, 6) is -2.72. The number of hydrogen-bond donors (Lipinski definition) is 0. The van der Waals surface area contributed by atoms with Gasteiger partial charge in [-0.3, -0.25) is 9.69 Å². The van der Waals surface area contributed by atoms with Crippen molar-refractivity contribution in [3.8, 4) is 0 Å². The van der Waals surface area contributed by atoms with Crippen LogP contribution >= 0.6 is 0 Å². The van der Waals surface area contributed by atoms with Crippen LogP contribution in [0.3, 0.4) is 0 Å². The quantitative estimate of drug-likeness (QED) is 0.589. The van der Waals surface area contributed by atoms with Gasteiger partial charge in [0.15, 0.2) is 17.4 Å². The number of rotatable bonds is 5. The van der Waals surface area contributed by atoms with Gasteiger partial charge in [-0.1, -0.05) is 0 Å². The minimum atomic E-state index is -2.54. The number of benzene rings is 1. The fourth-order valence-corrected chi connectivity index (χ4v) is 1.31. The van der Waals surface area contributed by atoms with Gasteiger partial charge in [0.05, 0.1) is 13.1 Å². The lowest BCUT2D eigenvalue weighted by Crippen LogP contribution is -2.30. The number of carbonyl (C=O) groups is 1. The van der Waals surface area contributed by atoms with Gasteiger partial charge in [0.1, 0.15) is 0 Å². The first-order valence-corrected chi connectivity index (χ1v) is 4.85. The van der Waals surface area contributed by atoms with Crippen molar-refractivity contribution in [2.75, 3.05) is 20.1 Å². The predicted octanol–water partition coefficient (Wildman–Crippen LogP) is 2.34. The van der Waals surface area contributed by atoms with Gasteiger partial charge in [-0.25, -0.2) is 17.6 Å². The molecule has 0 spiro atoms. The molecule has 0 N–H and O–H groups in total. The molecule has 6 heteroatoms. The van der Waals surface area contributed by atoms with Crippen LogP contribution in [0.1, 0.15) is 10.4 Å². The molecule has 0 heterocycles. The Kier molecular flexibility index (Phi) is 4.62. The van der Waals surface area contributed by atoms with Crippen molar-refractivity contribution < 1.29 is 22.4 Å². The maximum absolute atomic E-state index is 12.8. The third kappa shape index (κ3) is 4.14. The number of likely N-dealkylation sites (N-methyl/N-ethyl adjacent to an activating group) is 1. The largest absolute Gasteiger partial charge is 0.293 e. The van der Waals surface area contributed by atoms with Crippen molar-refractivity contribution in [2.45, 2.75) is 6.43 Å². The van der Waals surface area contributed by atoms with Crippen LogP contribution in [0.5, 0.6) is 0 Å². The molecule has 17 heavy (non-hydrogen) atoms. The number of carbonyl (C=O) groups excluding carboxylic acids is 1. The maximum Gasteiger partial charge on any atom is 0.251 e. The molecule has 0 amide bonds. The smallest absolute Gasteiger partial charge is 0.251 e. The van der Waals surface area contributed by atoms with E-state index in [4.69, 9.17) is 0 Å². The summed E-state index contributed by atoms with van der Waals surface area (Å²) in [6.07, 6.45) is -2.54. The van der Waals surface area contributed by atoms with Gasteiger partial charge in [-0.05, 0) is 25.2 Å². The van der Waals surface area contributed by atoms with Crippen molar-refractivity contribution >= 4 is 5.78 Å². The minimum Gasteiger partial charge on any atom is -0.293 e. The maximum atomic E-state index is 12.8. The number of halogens is 4. The van der Waals surface area contributed by atoms with Crippen LogP contribution in [0, 0.1) is 11.6 Å². The predicted molar refractivity (Wildman–Crippen MR) is 54.2 cm³/mol. The number of Topliss-reactive ketones (excluding diaryl/α,β-unsaturated/α-hetero) is 1. The van der Waals surface area contributed by atoms with E-state index in [1.807, 2.05) is 0 Å². The lowest BCUT2D eigenvalue weighted by Gasteiger charge is -2.14. The standard InChI is InChI=1S/C11H11F4NO/c1-16(6-11(14)15)5-10(17)7-2-3-8(12)9(13)4-7/h2-4,11H,5-6H2,1H3. The average Bonchev–Trinajstić information content (AvgIpc) is 2.20. The van der Waals surface area contributed by atoms with E-state index in [9.17, 15) is 22.4 Å². The van der Waals surface area contributed by atoms with Crippen molar-refractivity contribution in [3.05, 3.63) is 35.4 Å². The second kappa shape index (κ2) is 5.77. The zero-order valence-corrected chi connectivity index (χ0v) is 9.09. The monoisotopic (exact) mass is 249 g/mol. The summed E-state index contributed by atoms with van der Waals surface area (Å²) in [5.41, 5.74) is -0.0370. The van der Waals surface area contributed by atoms with Gasteiger partial charge in [0.25, 0.3) is 6.43 Å². The number of hydrogen-bond acceptors (Lipinski definition) is 2. The molecule has 0 aliphatic rings. The molecule has 0 saturated heterocycles. The van der Waals surface area contributed by atoms with Crippen molar-refractivity contribution in [2.24, 2.45) is 0 Å². The molecule has 0 atom stereocenters. The van der Waals surface area contributed by atoms with Crippen LogP contribution in [0.15, 0.2) is 18.2 Å².